The number of nitrogens with one attached hydrogen (secondary N) is 1. The van der Waals surface area contributed by atoms with Crippen LogP contribution in [0.4, 0.5) is 5.69 Å². The van der Waals surface area contributed by atoms with Crippen molar-refractivity contribution in [2.45, 2.75) is 19.8 Å². The monoisotopic (exact) mass is 235 g/mol. The third-order valence-corrected chi connectivity index (χ3v) is 3.36. The van der Waals surface area contributed by atoms with Crippen LogP contribution < -0.4 is 10.1 Å². The van der Waals surface area contributed by atoms with E-state index in [2.05, 4.69) is 24.4 Å². The second-order valence-electron chi connectivity index (χ2n) is 4.62. The molecule has 1 aliphatic rings. The summed E-state index contributed by atoms with van der Waals surface area (Å²) in [5, 5.41) is 3.52. The minimum absolute atomic E-state index is 0.741. The maximum atomic E-state index is 5.36. The van der Waals surface area contributed by atoms with Crippen LogP contribution in [0, 0.1) is 12.8 Å². The molecule has 1 saturated heterocycles. The SMILES string of the molecule is COc1ccc(NCC2CCOCC2)c(C)c1. The highest BCUT2D eigenvalue weighted by molar-refractivity contribution is 5.53. The Kier molecular flexibility index (Phi) is 4.26. The van der Waals surface area contributed by atoms with Crippen molar-refractivity contribution in [1.29, 1.82) is 0 Å². The second-order valence-corrected chi connectivity index (χ2v) is 4.62. The molecule has 0 unspecified atom stereocenters. The van der Waals surface area contributed by atoms with Gasteiger partial charge in [-0.2, -0.15) is 0 Å². The van der Waals surface area contributed by atoms with Crippen molar-refractivity contribution in [2.75, 3.05) is 32.2 Å². The van der Waals surface area contributed by atoms with E-state index in [0.29, 0.717) is 0 Å². The number of ether oxygens (including phenoxy) is 2. The lowest BCUT2D eigenvalue weighted by Gasteiger charge is -2.23. The van der Waals surface area contributed by atoms with Gasteiger partial charge in [-0.3, -0.25) is 0 Å². The van der Waals surface area contributed by atoms with E-state index in [1.807, 2.05) is 6.07 Å². The summed E-state index contributed by atoms with van der Waals surface area (Å²) in [5.41, 5.74) is 2.44. The largest absolute Gasteiger partial charge is 0.497 e. The summed E-state index contributed by atoms with van der Waals surface area (Å²) in [7, 11) is 1.70. The minimum atomic E-state index is 0.741. The van der Waals surface area contributed by atoms with E-state index < -0.39 is 0 Å². The Morgan fingerprint density at radius 3 is 2.76 bits per heavy atom. The molecule has 17 heavy (non-hydrogen) atoms. The Balaban J connectivity index is 1.89. The average Bonchev–Trinajstić information content (AvgIpc) is 2.38. The Morgan fingerprint density at radius 1 is 1.35 bits per heavy atom. The number of rotatable bonds is 4. The Labute approximate surface area is 103 Å². The molecule has 94 valence electrons. The van der Waals surface area contributed by atoms with E-state index in [-0.39, 0.29) is 0 Å². The molecule has 3 nitrogen and oxygen atoms in total. The smallest absolute Gasteiger partial charge is 0.119 e. The molecule has 3 heteroatoms. The standard InChI is InChI=1S/C14H21NO2/c1-11-9-13(16-2)3-4-14(11)15-10-12-5-7-17-8-6-12/h3-4,9,12,15H,5-8,10H2,1-2H3. The van der Waals surface area contributed by atoms with Crippen LogP contribution in [0.3, 0.4) is 0 Å². The third-order valence-electron chi connectivity index (χ3n) is 3.36. The molecule has 2 rings (SSSR count). The molecule has 0 aliphatic carbocycles. The van der Waals surface area contributed by atoms with Crippen LogP contribution in [0.25, 0.3) is 0 Å². The first-order valence-corrected chi connectivity index (χ1v) is 6.26. The molecular formula is C14H21NO2. The Hall–Kier alpha value is -1.22. The zero-order valence-electron chi connectivity index (χ0n) is 10.7. The summed E-state index contributed by atoms with van der Waals surface area (Å²) in [4.78, 5) is 0. The van der Waals surface area contributed by atoms with E-state index >= 15 is 0 Å². The van der Waals surface area contributed by atoms with Crippen molar-refractivity contribution in [2.24, 2.45) is 5.92 Å². The molecule has 0 saturated carbocycles. The first-order valence-electron chi connectivity index (χ1n) is 6.26. The predicted octanol–water partition coefficient (Wildman–Crippen LogP) is 2.84. The maximum absolute atomic E-state index is 5.36. The number of benzene rings is 1. The fraction of sp³-hybridized carbons (Fsp3) is 0.571. The minimum Gasteiger partial charge on any atom is -0.497 e. The summed E-state index contributed by atoms with van der Waals surface area (Å²) in [6.45, 7) is 4.97. The van der Waals surface area contributed by atoms with Crippen molar-refractivity contribution in [1.82, 2.24) is 0 Å². The first kappa shape index (κ1) is 12.2. The van der Waals surface area contributed by atoms with Gasteiger partial charge in [0.15, 0.2) is 0 Å². The highest BCUT2D eigenvalue weighted by Gasteiger charge is 2.13. The number of methoxy groups -OCH3 is 1. The van der Waals surface area contributed by atoms with Crippen molar-refractivity contribution in [3.8, 4) is 5.75 Å². The Bertz CT molecular complexity index is 359. The van der Waals surface area contributed by atoms with Crippen LogP contribution >= 0.6 is 0 Å². The highest BCUT2D eigenvalue weighted by atomic mass is 16.5. The van der Waals surface area contributed by atoms with Crippen molar-refractivity contribution >= 4 is 5.69 Å². The van der Waals surface area contributed by atoms with Gasteiger partial charge in [0, 0.05) is 25.4 Å². The Morgan fingerprint density at radius 2 is 2.12 bits per heavy atom. The van der Waals surface area contributed by atoms with Gasteiger partial charge >= 0.3 is 0 Å². The lowest BCUT2D eigenvalue weighted by molar-refractivity contribution is 0.0699. The summed E-state index contributed by atoms with van der Waals surface area (Å²) in [6, 6.07) is 6.15. The molecule has 1 aliphatic heterocycles. The second kappa shape index (κ2) is 5.92. The van der Waals surface area contributed by atoms with Gasteiger partial charge < -0.3 is 14.8 Å². The van der Waals surface area contributed by atoms with Gasteiger partial charge in [0.05, 0.1) is 7.11 Å². The lowest BCUT2D eigenvalue weighted by atomic mass is 10.0. The molecule has 1 N–H and O–H groups in total. The van der Waals surface area contributed by atoms with Gasteiger partial charge in [0.25, 0.3) is 0 Å². The summed E-state index contributed by atoms with van der Waals surface area (Å²) < 4.78 is 10.6. The first-order chi connectivity index (χ1) is 8.29. The van der Waals surface area contributed by atoms with E-state index in [0.717, 1.165) is 31.4 Å². The van der Waals surface area contributed by atoms with Crippen LogP contribution in [0.2, 0.25) is 0 Å². The highest BCUT2D eigenvalue weighted by Crippen LogP contribution is 2.22. The maximum Gasteiger partial charge on any atom is 0.119 e. The molecule has 0 aromatic heterocycles. The quantitative estimate of drug-likeness (QED) is 0.870. The summed E-state index contributed by atoms with van der Waals surface area (Å²) in [5.74, 6) is 1.66. The zero-order valence-corrected chi connectivity index (χ0v) is 10.7. The third kappa shape index (κ3) is 3.37. The van der Waals surface area contributed by atoms with Crippen LogP contribution in [0.1, 0.15) is 18.4 Å². The molecule has 0 spiro atoms. The number of aryl methyl sites for hydroxylation is 1. The molecule has 1 heterocycles. The predicted molar refractivity (Wildman–Crippen MR) is 69.8 cm³/mol. The lowest BCUT2D eigenvalue weighted by Crippen LogP contribution is -2.22. The fourth-order valence-corrected chi connectivity index (χ4v) is 2.17. The van der Waals surface area contributed by atoms with Crippen LogP contribution in [0.15, 0.2) is 18.2 Å². The van der Waals surface area contributed by atoms with Gasteiger partial charge in [0.1, 0.15) is 5.75 Å². The van der Waals surface area contributed by atoms with E-state index in [9.17, 15) is 0 Å². The van der Waals surface area contributed by atoms with Gasteiger partial charge in [-0.1, -0.05) is 0 Å². The molecule has 1 aromatic rings. The molecule has 0 atom stereocenters. The number of anilines is 1. The molecule has 0 amide bonds. The van der Waals surface area contributed by atoms with E-state index in [4.69, 9.17) is 9.47 Å². The average molecular weight is 235 g/mol. The molecule has 0 radical (unpaired) electrons. The van der Waals surface area contributed by atoms with Crippen molar-refractivity contribution in [3.63, 3.8) is 0 Å². The van der Waals surface area contributed by atoms with Gasteiger partial charge in [-0.15, -0.1) is 0 Å². The van der Waals surface area contributed by atoms with E-state index in [1.54, 1.807) is 7.11 Å². The van der Waals surface area contributed by atoms with E-state index in [1.165, 1.54) is 24.1 Å². The molecule has 1 aromatic carbocycles. The normalized spacial score (nSPS) is 16.8. The van der Waals surface area contributed by atoms with Gasteiger partial charge in [-0.25, -0.2) is 0 Å². The number of hydrogen-bond donors (Lipinski definition) is 1. The van der Waals surface area contributed by atoms with Crippen LogP contribution in [-0.4, -0.2) is 26.9 Å². The van der Waals surface area contributed by atoms with Crippen LogP contribution in [-0.2, 0) is 4.74 Å². The number of hydrogen-bond acceptors (Lipinski definition) is 3. The summed E-state index contributed by atoms with van der Waals surface area (Å²) in [6.07, 6.45) is 2.34. The fourth-order valence-electron chi connectivity index (χ4n) is 2.17. The molecule has 0 bridgehead atoms. The van der Waals surface area contributed by atoms with Crippen molar-refractivity contribution < 1.29 is 9.47 Å². The van der Waals surface area contributed by atoms with Gasteiger partial charge in [0.2, 0.25) is 0 Å². The summed E-state index contributed by atoms with van der Waals surface area (Å²) >= 11 is 0. The van der Waals surface area contributed by atoms with Crippen LogP contribution in [0.5, 0.6) is 5.75 Å². The van der Waals surface area contributed by atoms with Gasteiger partial charge in [-0.05, 0) is 49.4 Å². The molecular weight excluding hydrogens is 214 g/mol. The topological polar surface area (TPSA) is 30.5 Å². The van der Waals surface area contributed by atoms with Crippen molar-refractivity contribution in [3.05, 3.63) is 23.8 Å². The molecule has 1 fully saturated rings. The zero-order chi connectivity index (χ0) is 12.1.